The van der Waals surface area contributed by atoms with Crippen molar-refractivity contribution in [1.29, 1.82) is 0 Å². The molecule has 3 atom stereocenters. The first-order valence-electron chi connectivity index (χ1n) is 9.30. The third kappa shape index (κ3) is 4.49. The molecule has 138 valence electrons. The highest BCUT2D eigenvalue weighted by Crippen LogP contribution is 2.23. The van der Waals surface area contributed by atoms with Crippen LogP contribution in [-0.2, 0) is 19.4 Å². The van der Waals surface area contributed by atoms with Crippen molar-refractivity contribution >= 4 is 15.7 Å². The van der Waals surface area contributed by atoms with Crippen LogP contribution in [0.2, 0.25) is 0 Å². The molecular formula is C17H30N2O4S. The molecule has 0 radical (unpaired) electrons. The zero-order valence-corrected chi connectivity index (χ0v) is 15.5. The third-order valence-corrected chi connectivity index (χ3v) is 7.42. The first kappa shape index (κ1) is 18.1. The van der Waals surface area contributed by atoms with E-state index in [1.54, 1.807) is 0 Å². The Bertz CT molecular complexity index is 545. The molecule has 1 amide bonds. The predicted molar refractivity (Wildman–Crippen MR) is 92.6 cm³/mol. The van der Waals surface area contributed by atoms with Crippen LogP contribution in [0.5, 0.6) is 0 Å². The van der Waals surface area contributed by atoms with Crippen LogP contribution in [0.25, 0.3) is 0 Å². The van der Waals surface area contributed by atoms with Gasteiger partial charge < -0.3 is 9.64 Å². The van der Waals surface area contributed by atoms with E-state index in [4.69, 9.17) is 4.74 Å². The van der Waals surface area contributed by atoms with Crippen LogP contribution < -0.4 is 0 Å². The summed E-state index contributed by atoms with van der Waals surface area (Å²) in [4.78, 5) is 17.0. The maximum absolute atomic E-state index is 13.0. The van der Waals surface area contributed by atoms with Gasteiger partial charge in [0.25, 0.3) is 0 Å². The van der Waals surface area contributed by atoms with Gasteiger partial charge in [-0.1, -0.05) is 6.42 Å². The fourth-order valence-electron chi connectivity index (χ4n) is 4.14. The highest BCUT2D eigenvalue weighted by atomic mass is 32.2. The monoisotopic (exact) mass is 358 g/mol. The van der Waals surface area contributed by atoms with Crippen LogP contribution in [-0.4, -0.2) is 80.1 Å². The van der Waals surface area contributed by atoms with E-state index in [0.29, 0.717) is 25.6 Å². The van der Waals surface area contributed by atoms with Gasteiger partial charge in [-0.25, -0.2) is 8.42 Å². The number of likely N-dealkylation sites (tertiary alicyclic amines) is 1. The van der Waals surface area contributed by atoms with Gasteiger partial charge in [0.05, 0.1) is 24.2 Å². The van der Waals surface area contributed by atoms with E-state index in [9.17, 15) is 13.2 Å². The summed E-state index contributed by atoms with van der Waals surface area (Å²) >= 11 is 0. The Morgan fingerprint density at radius 3 is 2.67 bits per heavy atom. The lowest BCUT2D eigenvalue weighted by Crippen LogP contribution is -2.51. The molecule has 24 heavy (non-hydrogen) atoms. The van der Waals surface area contributed by atoms with Crippen LogP contribution in [0.1, 0.15) is 45.4 Å². The normalized spacial score (nSPS) is 33.6. The maximum Gasteiger partial charge on any atom is 0.237 e. The quantitative estimate of drug-likeness (QED) is 0.735. The molecule has 3 saturated heterocycles. The molecule has 3 aliphatic heterocycles. The van der Waals surface area contributed by atoms with Crippen molar-refractivity contribution < 1.29 is 17.9 Å². The number of nitrogens with zero attached hydrogens (tertiary/aromatic N) is 2. The van der Waals surface area contributed by atoms with E-state index in [0.717, 1.165) is 38.8 Å². The van der Waals surface area contributed by atoms with E-state index < -0.39 is 9.84 Å². The summed E-state index contributed by atoms with van der Waals surface area (Å²) in [7, 11) is -3.00. The van der Waals surface area contributed by atoms with Gasteiger partial charge in [-0.05, 0) is 45.6 Å². The Balaban J connectivity index is 1.66. The van der Waals surface area contributed by atoms with E-state index in [1.165, 1.54) is 6.42 Å². The van der Waals surface area contributed by atoms with Crippen molar-refractivity contribution in [3.8, 4) is 0 Å². The lowest BCUT2D eigenvalue weighted by atomic mass is 10.0. The Kier molecular flexibility index (Phi) is 5.82. The molecule has 3 fully saturated rings. The smallest absolute Gasteiger partial charge is 0.237 e. The molecule has 0 N–H and O–H groups in total. The number of hydrogen-bond acceptors (Lipinski definition) is 5. The lowest BCUT2D eigenvalue weighted by Gasteiger charge is -2.36. The molecule has 0 aromatic rings. The molecule has 3 heterocycles. The van der Waals surface area contributed by atoms with Crippen LogP contribution in [0.4, 0.5) is 0 Å². The topological polar surface area (TPSA) is 66.9 Å². The number of carbonyl (C=O) groups is 1. The summed E-state index contributed by atoms with van der Waals surface area (Å²) in [5.41, 5.74) is 0. The minimum Gasteiger partial charge on any atom is -0.376 e. The molecule has 0 saturated carbocycles. The molecule has 7 heteroatoms. The summed E-state index contributed by atoms with van der Waals surface area (Å²) in [5, 5.41) is 0. The van der Waals surface area contributed by atoms with E-state index in [1.807, 2.05) is 4.90 Å². The summed E-state index contributed by atoms with van der Waals surface area (Å²) in [6.45, 7) is 4.84. The molecule has 0 unspecified atom stereocenters. The highest BCUT2D eigenvalue weighted by Gasteiger charge is 2.37. The third-order valence-electron chi connectivity index (χ3n) is 5.67. The van der Waals surface area contributed by atoms with Gasteiger partial charge in [-0.3, -0.25) is 9.69 Å². The zero-order chi connectivity index (χ0) is 17.2. The van der Waals surface area contributed by atoms with Gasteiger partial charge in [0.15, 0.2) is 9.84 Å². The van der Waals surface area contributed by atoms with Gasteiger partial charge in [0.1, 0.15) is 0 Å². The largest absolute Gasteiger partial charge is 0.376 e. The second-order valence-electron chi connectivity index (χ2n) is 7.55. The van der Waals surface area contributed by atoms with Crippen molar-refractivity contribution in [2.24, 2.45) is 0 Å². The number of hydrogen-bond donors (Lipinski definition) is 0. The van der Waals surface area contributed by atoms with E-state index in [2.05, 4.69) is 11.8 Å². The average molecular weight is 359 g/mol. The van der Waals surface area contributed by atoms with Gasteiger partial charge in [0.2, 0.25) is 5.91 Å². The lowest BCUT2D eigenvalue weighted by molar-refractivity contribution is -0.137. The highest BCUT2D eigenvalue weighted by molar-refractivity contribution is 7.91. The minimum atomic E-state index is -3.00. The molecule has 0 aromatic heterocycles. The Morgan fingerprint density at radius 1 is 1.21 bits per heavy atom. The number of amides is 1. The second-order valence-corrected chi connectivity index (χ2v) is 9.78. The van der Waals surface area contributed by atoms with Gasteiger partial charge in [-0.2, -0.15) is 0 Å². The van der Waals surface area contributed by atoms with Crippen LogP contribution in [0, 0.1) is 0 Å². The zero-order valence-electron chi connectivity index (χ0n) is 14.7. The summed E-state index contributed by atoms with van der Waals surface area (Å²) in [5.74, 6) is 0.384. The maximum atomic E-state index is 13.0. The summed E-state index contributed by atoms with van der Waals surface area (Å²) in [6.07, 6.45) is 6.12. The van der Waals surface area contributed by atoms with Crippen LogP contribution in [0.15, 0.2) is 0 Å². The first-order chi connectivity index (χ1) is 11.4. The summed E-state index contributed by atoms with van der Waals surface area (Å²) < 4.78 is 29.4. The van der Waals surface area contributed by atoms with Crippen molar-refractivity contribution in [2.75, 3.05) is 37.7 Å². The van der Waals surface area contributed by atoms with Crippen molar-refractivity contribution in [3.05, 3.63) is 0 Å². The molecular weight excluding hydrogens is 328 g/mol. The fourth-order valence-corrected chi connectivity index (χ4v) is 5.87. The van der Waals surface area contributed by atoms with E-state index in [-0.39, 0.29) is 29.6 Å². The standard InChI is InChI=1S/C17H30N2O4S/c1-14-5-2-3-8-18(14)12-17(20)19(11-16-6-4-9-23-16)15-7-10-24(21,22)13-15/h14-16H,2-13H2,1H3/t14-,15+,16-/m1/s1. The number of piperidine rings is 1. The number of rotatable bonds is 5. The molecule has 0 aliphatic carbocycles. The second kappa shape index (κ2) is 7.70. The first-order valence-corrected chi connectivity index (χ1v) is 11.1. The van der Waals surface area contributed by atoms with Gasteiger partial charge >= 0.3 is 0 Å². The van der Waals surface area contributed by atoms with Crippen LogP contribution >= 0.6 is 0 Å². The molecule has 0 bridgehead atoms. The molecule has 0 aromatic carbocycles. The number of sulfone groups is 1. The van der Waals surface area contributed by atoms with Gasteiger partial charge in [-0.15, -0.1) is 0 Å². The summed E-state index contributed by atoms with van der Waals surface area (Å²) in [6, 6.07) is 0.256. The van der Waals surface area contributed by atoms with Crippen molar-refractivity contribution in [3.63, 3.8) is 0 Å². The molecule has 3 aliphatic rings. The van der Waals surface area contributed by atoms with E-state index >= 15 is 0 Å². The molecule has 6 nitrogen and oxygen atoms in total. The molecule has 3 rings (SSSR count). The molecule has 0 spiro atoms. The Labute approximate surface area is 145 Å². The predicted octanol–water partition coefficient (Wildman–Crippen LogP) is 1.06. The Hall–Kier alpha value is -0.660. The SMILES string of the molecule is C[C@@H]1CCCCN1CC(=O)N(C[C@H]1CCCO1)[C@H]1CCS(=O)(=O)C1. The van der Waals surface area contributed by atoms with Crippen LogP contribution in [0.3, 0.4) is 0 Å². The van der Waals surface area contributed by atoms with Gasteiger partial charge in [0, 0.05) is 25.2 Å². The Morgan fingerprint density at radius 2 is 2.04 bits per heavy atom. The minimum absolute atomic E-state index is 0.0658. The fraction of sp³-hybridized carbons (Fsp3) is 0.941. The average Bonchev–Trinajstić information content (AvgIpc) is 3.16. The number of ether oxygens (including phenoxy) is 1. The van der Waals surface area contributed by atoms with Crippen molar-refractivity contribution in [2.45, 2.75) is 63.6 Å². The van der Waals surface area contributed by atoms with Crippen molar-refractivity contribution in [1.82, 2.24) is 9.80 Å². The number of carbonyl (C=O) groups excluding carboxylic acids is 1.